The summed E-state index contributed by atoms with van der Waals surface area (Å²) in [5.41, 5.74) is 1.000. The minimum Gasteiger partial charge on any atom is -0.482 e. The Morgan fingerprint density at radius 1 is 1.02 bits per heavy atom. The van der Waals surface area contributed by atoms with E-state index in [4.69, 9.17) is 19.1 Å². The van der Waals surface area contributed by atoms with Crippen LogP contribution in [0.15, 0.2) is 65.1 Å². The molecule has 2 aromatic carbocycles. The normalized spacial score (nSPS) is 12.5. The van der Waals surface area contributed by atoms with E-state index in [-0.39, 0.29) is 42.0 Å². The van der Waals surface area contributed by atoms with Gasteiger partial charge in [0.05, 0.1) is 23.9 Å². The summed E-state index contributed by atoms with van der Waals surface area (Å²) in [4.78, 5) is 74.2. The number of amides is 3. The topological polar surface area (TPSA) is 205 Å². The summed E-state index contributed by atoms with van der Waals surface area (Å²) < 4.78 is 22.6. The van der Waals surface area contributed by atoms with Crippen LogP contribution >= 0.6 is 7.60 Å². The lowest BCUT2D eigenvalue weighted by Crippen LogP contribution is -2.48. The number of nitrogens with zero attached hydrogens (tertiary/aromatic N) is 1. The maximum atomic E-state index is 13.4. The van der Waals surface area contributed by atoms with Crippen LogP contribution in [0.3, 0.4) is 0 Å². The standard InChI is InChI=1S/C32H40N3O11P/c1-3-5-7-12-26(27(4-2)35(21-36)45-18-22-10-8-6-9-11-22)31(39)33-20-34-32(40)29-14-13-28(46-29)23-15-24(44-19-30(37)38)17-25(16-23)47(41,42)43/h6,8-11,13-17,21,26-27H,3-5,7,12,18-20H2,1-2H3,(H,33,39)(H,34,40)(H,37,38)(H2,41,42,43)/t26-,27-/m1/s1. The quantitative estimate of drug-likeness (QED) is 0.0385. The van der Waals surface area contributed by atoms with Crippen molar-refractivity contribution in [1.29, 1.82) is 0 Å². The van der Waals surface area contributed by atoms with E-state index in [1.165, 1.54) is 23.3 Å². The van der Waals surface area contributed by atoms with Crippen LogP contribution in [0.25, 0.3) is 11.3 Å². The molecule has 0 saturated heterocycles. The molecule has 3 rings (SSSR count). The number of nitrogens with one attached hydrogen (secondary N) is 2. The number of rotatable bonds is 20. The van der Waals surface area contributed by atoms with E-state index in [1.54, 1.807) is 0 Å². The number of ether oxygens (including phenoxy) is 1. The number of benzene rings is 2. The van der Waals surface area contributed by atoms with Gasteiger partial charge in [0, 0.05) is 5.56 Å². The molecule has 1 heterocycles. The summed E-state index contributed by atoms with van der Waals surface area (Å²) in [5.74, 6) is -3.17. The number of hydroxylamine groups is 2. The molecule has 14 nitrogen and oxygen atoms in total. The fraction of sp³-hybridized carbons (Fsp3) is 0.375. The second-order valence-corrected chi connectivity index (χ2v) is 12.2. The number of hydrogen-bond donors (Lipinski definition) is 5. The highest BCUT2D eigenvalue weighted by atomic mass is 31.2. The van der Waals surface area contributed by atoms with Gasteiger partial charge in [-0.1, -0.05) is 63.4 Å². The molecule has 2 atom stereocenters. The Morgan fingerprint density at radius 3 is 2.40 bits per heavy atom. The lowest BCUT2D eigenvalue weighted by molar-refractivity contribution is -0.200. The summed E-state index contributed by atoms with van der Waals surface area (Å²) in [6.45, 7) is 3.07. The molecule has 47 heavy (non-hydrogen) atoms. The van der Waals surface area contributed by atoms with E-state index in [0.29, 0.717) is 19.3 Å². The lowest BCUT2D eigenvalue weighted by atomic mass is 9.90. The molecule has 0 aliphatic heterocycles. The number of aliphatic carboxylic acids is 1. The average molecular weight is 674 g/mol. The van der Waals surface area contributed by atoms with E-state index in [2.05, 4.69) is 10.6 Å². The maximum absolute atomic E-state index is 13.4. The van der Waals surface area contributed by atoms with E-state index < -0.39 is 43.3 Å². The molecule has 0 spiro atoms. The monoisotopic (exact) mass is 673 g/mol. The van der Waals surface area contributed by atoms with Crippen molar-refractivity contribution < 1.29 is 52.6 Å². The number of hydrogen-bond acceptors (Lipinski definition) is 8. The Morgan fingerprint density at radius 2 is 1.77 bits per heavy atom. The SMILES string of the molecule is CCCCC[C@@H](C(=O)NCNC(=O)c1ccc(-c2cc(OCC(=O)O)cc(P(=O)(O)O)c2)o1)[C@@H](CC)N(C=O)OCc1ccccc1. The van der Waals surface area contributed by atoms with Crippen LogP contribution in [0.2, 0.25) is 0 Å². The van der Waals surface area contributed by atoms with E-state index in [0.717, 1.165) is 37.0 Å². The minimum absolute atomic E-state index is 0.0564. The Bertz CT molecular complexity index is 1540. The average Bonchev–Trinajstić information content (AvgIpc) is 3.55. The van der Waals surface area contributed by atoms with Crippen LogP contribution in [0.5, 0.6) is 5.75 Å². The van der Waals surface area contributed by atoms with Crippen molar-refractivity contribution in [3.63, 3.8) is 0 Å². The number of unbranched alkanes of at least 4 members (excludes halogenated alkanes) is 2. The third-order valence-corrected chi connectivity index (χ3v) is 8.14. The predicted octanol–water partition coefficient (Wildman–Crippen LogP) is 3.58. The molecule has 0 unspecified atom stereocenters. The van der Waals surface area contributed by atoms with Crippen LogP contribution in [0, 0.1) is 5.92 Å². The van der Waals surface area contributed by atoms with Crippen LogP contribution in [0.4, 0.5) is 0 Å². The summed E-state index contributed by atoms with van der Waals surface area (Å²) in [7, 11) is -4.75. The maximum Gasteiger partial charge on any atom is 0.356 e. The largest absolute Gasteiger partial charge is 0.482 e. The van der Waals surface area contributed by atoms with Crippen molar-refractivity contribution in [1.82, 2.24) is 15.7 Å². The molecule has 0 radical (unpaired) electrons. The van der Waals surface area contributed by atoms with Gasteiger partial charge in [0.1, 0.15) is 18.1 Å². The summed E-state index contributed by atoms with van der Waals surface area (Å²) in [6.07, 6.45) is 4.11. The van der Waals surface area contributed by atoms with Crippen LogP contribution < -0.4 is 20.7 Å². The fourth-order valence-corrected chi connectivity index (χ4v) is 5.45. The van der Waals surface area contributed by atoms with Crippen molar-refractivity contribution in [2.75, 3.05) is 13.3 Å². The third kappa shape index (κ3) is 11.4. The molecule has 0 saturated carbocycles. The van der Waals surface area contributed by atoms with E-state index in [1.807, 2.05) is 44.2 Å². The zero-order chi connectivity index (χ0) is 34.4. The van der Waals surface area contributed by atoms with Gasteiger partial charge in [-0.2, -0.15) is 0 Å². The Balaban J connectivity index is 1.67. The molecule has 254 valence electrons. The van der Waals surface area contributed by atoms with Crippen molar-refractivity contribution >= 4 is 37.1 Å². The molecule has 0 fully saturated rings. The zero-order valence-electron chi connectivity index (χ0n) is 26.2. The molecule has 1 aromatic heterocycles. The van der Waals surface area contributed by atoms with Gasteiger partial charge in [-0.3, -0.25) is 23.8 Å². The molecule has 15 heteroatoms. The first-order valence-electron chi connectivity index (χ1n) is 15.1. The van der Waals surface area contributed by atoms with Gasteiger partial charge >= 0.3 is 13.6 Å². The highest BCUT2D eigenvalue weighted by molar-refractivity contribution is 7.60. The van der Waals surface area contributed by atoms with Crippen LogP contribution in [-0.2, 0) is 30.4 Å². The highest BCUT2D eigenvalue weighted by Gasteiger charge is 2.32. The van der Waals surface area contributed by atoms with E-state index in [9.17, 15) is 33.5 Å². The number of furan rings is 1. The third-order valence-electron chi connectivity index (χ3n) is 7.21. The molecule has 5 N–H and O–H groups in total. The van der Waals surface area contributed by atoms with E-state index >= 15 is 0 Å². The van der Waals surface area contributed by atoms with Crippen LogP contribution in [0.1, 0.15) is 62.1 Å². The Hall–Kier alpha value is -4.49. The molecule has 0 aliphatic rings. The number of carbonyl (C=O) groups is 4. The number of carboxylic acid groups (broad SMARTS) is 1. The zero-order valence-corrected chi connectivity index (χ0v) is 27.1. The number of carboxylic acids is 1. The second kappa shape index (κ2) is 18.0. The van der Waals surface area contributed by atoms with Gasteiger partial charge in [0.25, 0.3) is 5.91 Å². The van der Waals surface area contributed by atoms with Gasteiger partial charge in [-0.15, -0.1) is 0 Å². The van der Waals surface area contributed by atoms with Gasteiger partial charge < -0.3 is 34.7 Å². The number of carbonyl (C=O) groups excluding carboxylic acids is 3. The predicted molar refractivity (Wildman–Crippen MR) is 170 cm³/mol. The first kappa shape index (κ1) is 37.0. The van der Waals surface area contributed by atoms with Crippen LogP contribution in [-0.4, -0.2) is 63.5 Å². The fourth-order valence-electron chi connectivity index (χ4n) is 4.85. The minimum atomic E-state index is -4.75. The van der Waals surface area contributed by atoms with Crippen molar-refractivity contribution in [3.05, 3.63) is 72.0 Å². The Kier molecular flexibility index (Phi) is 14.2. The summed E-state index contributed by atoms with van der Waals surface area (Å²) >= 11 is 0. The molecular formula is C32H40N3O11P. The van der Waals surface area contributed by atoms with Gasteiger partial charge in [0.2, 0.25) is 12.3 Å². The first-order valence-corrected chi connectivity index (χ1v) is 16.7. The molecule has 0 aliphatic carbocycles. The molecule has 3 amide bonds. The molecule has 3 aromatic rings. The van der Waals surface area contributed by atoms with Gasteiger partial charge in [-0.05, 0) is 48.7 Å². The lowest BCUT2D eigenvalue weighted by Gasteiger charge is -2.32. The molecule has 0 bridgehead atoms. The molecular weight excluding hydrogens is 633 g/mol. The second-order valence-electron chi connectivity index (χ2n) is 10.6. The Labute approximate surface area is 272 Å². The van der Waals surface area contributed by atoms with Crippen molar-refractivity contribution in [3.8, 4) is 17.1 Å². The van der Waals surface area contributed by atoms with Crippen molar-refractivity contribution in [2.45, 2.75) is 58.6 Å². The summed E-state index contributed by atoms with van der Waals surface area (Å²) in [6, 6.07) is 15.0. The summed E-state index contributed by atoms with van der Waals surface area (Å²) in [5, 5.41) is 14.9. The smallest absolute Gasteiger partial charge is 0.356 e. The van der Waals surface area contributed by atoms with Crippen molar-refractivity contribution in [2.24, 2.45) is 5.92 Å². The van der Waals surface area contributed by atoms with Gasteiger partial charge in [0.15, 0.2) is 12.4 Å². The highest BCUT2D eigenvalue weighted by Crippen LogP contribution is 2.37. The van der Waals surface area contributed by atoms with Gasteiger partial charge in [-0.25, -0.2) is 9.86 Å². The first-order chi connectivity index (χ1) is 22.5.